The smallest absolute Gasteiger partial charge is 0.408 e. The van der Waals surface area contributed by atoms with Gasteiger partial charge in [-0.05, 0) is 51.0 Å². The van der Waals surface area contributed by atoms with Crippen molar-refractivity contribution >= 4 is 35.2 Å². The number of aryl methyl sites for hydroxylation is 1. The number of alkyl carbamates (subject to hydrolysis) is 1. The summed E-state index contributed by atoms with van der Waals surface area (Å²) in [6, 6.07) is 11.0. The molecule has 0 saturated heterocycles. The minimum atomic E-state index is -1.12. The van der Waals surface area contributed by atoms with E-state index in [4.69, 9.17) is 22.8 Å². The van der Waals surface area contributed by atoms with Gasteiger partial charge in [0.15, 0.2) is 0 Å². The van der Waals surface area contributed by atoms with Gasteiger partial charge >= 0.3 is 6.09 Å². The molecule has 2 aromatic rings. The van der Waals surface area contributed by atoms with Crippen LogP contribution in [0.1, 0.15) is 43.5 Å². The van der Waals surface area contributed by atoms with Crippen LogP contribution in [0.25, 0.3) is 0 Å². The molecule has 0 aliphatic rings. The van der Waals surface area contributed by atoms with Crippen LogP contribution < -0.4 is 10.6 Å². The Bertz CT molecular complexity index is 1130. The molecule has 0 radical (unpaired) electrons. The van der Waals surface area contributed by atoms with Crippen LogP contribution in [0.2, 0.25) is 5.02 Å². The molecule has 0 spiro atoms. The van der Waals surface area contributed by atoms with Gasteiger partial charge in [0.1, 0.15) is 18.2 Å². The first kappa shape index (κ1) is 27.5. The highest BCUT2D eigenvalue weighted by Crippen LogP contribution is 2.30. The highest BCUT2D eigenvalue weighted by Gasteiger charge is 2.33. The van der Waals surface area contributed by atoms with E-state index in [1.807, 2.05) is 13.0 Å². The van der Waals surface area contributed by atoms with E-state index in [-0.39, 0.29) is 6.54 Å². The van der Waals surface area contributed by atoms with E-state index in [9.17, 15) is 14.4 Å². The normalized spacial score (nSPS) is 11.5. The molecule has 0 aromatic heterocycles. The number of carbonyl (C=O) groups is 3. The van der Waals surface area contributed by atoms with Crippen molar-refractivity contribution in [3.8, 4) is 12.3 Å². The van der Waals surface area contributed by atoms with Gasteiger partial charge in [-0.25, -0.2) is 4.79 Å². The van der Waals surface area contributed by atoms with Crippen molar-refractivity contribution in [2.45, 2.75) is 39.3 Å². The summed E-state index contributed by atoms with van der Waals surface area (Å²) in [6.07, 6.45) is 6.44. The number of amides is 3. The van der Waals surface area contributed by atoms with Gasteiger partial charge in [0.2, 0.25) is 5.91 Å². The molecular formula is C27H30ClN3O4. The summed E-state index contributed by atoms with van der Waals surface area (Å²) in [4.78, 5) is 40.3. The largest absolute Gasteiger partial charge is 0.444 e. The Morgan fingerprint density at radius 1 is 1.20 bits per heavy atom. The fraction of sp³-hybridized carbons (Fsp3) is 0.296. The second-order valence-electron chi connectivity index (χ2n) is 8.75. The SMILES string of the molecule is C#Cc1ccccc1C(C(=O)Nc1c(C)cccc1Cl)N(CC=C)C(=O)CNC(=O)OC(C)(C)C. The standard InChI is InChI=1S/C27H30ClN3O4/c1-7-16-31(22(32)17-29-26(34)35-27(4,5)6)24(20-14-10-9-13-19(20)8-2)25(33)30-23-18(3)12-11-15-21(23)28/h2,7,9-15,24H,1,16-17H2,3-6H3,(H,29,34)(H,30,33). The fourth-order valence-corrected chi connectivity index (χ4v) is 3.62. The number of hydrogen-bond donors (Lipinski definition) is 2. The van der Waals surface area contributed by atoms with E-state index in [0.29, 0.717) is 21.8 Å². The zero-order valence-electron chi connectivity index (χ0n) is 20.4. The molecule has 0 bridgehead atoms. The quantitative estimate of drug-likeness (QED) is 0.405. The molecule has 2 N–H and O–H groups in total. The van der Waals surface area contributed by atoms with Crippen molar-refractivity contribution in [3.05, 3.63) is 76.8 Å². The molecule has 184 valence electrons. The molecule has 0 heterocycles. The molecular weight excluding hydrogens is 466 g/mol. The molecule has 1 unspecified atom stereocenters. The average molecular weight is 496 g/mol. The second-order valence-corrected chi connectivity index (χ2v) is 9.15. The Balaban J connectivity index is 2.45. The maximum absolute atomic E-state index is 13.7. The summed E-state index contributed by atoms with van der Waals surface area (Å²) in [5, 5.41) is 5.64. The fourth-order valence-electron chi connectivity index (χ4n) is 3.35. The zero-order chi connectivity index (χ0) is 26.2. The molecule has 0 aliphatic heterocycles. The first-order chi connectivity index (χ1) is 16.5. The van der Waals surface area contributed by atoms with E-state index in [1.165, 1.54) is 11.0 Å². The third kappa shape index (κ3) is 7.62. The highest BCUT2D eigenvalue weighted by molar-refractivity contribution is 6.34. The lowest BCUT2D eigenvalue weighted by atomic mass is 9.98. The molecule has 0 saturated carbocycles. The Hall–Kier alpha value is -3.76. The van der Waals surface area contributed by atoms with Crippen LogP contribution in [0, 0.1) is 19.3 Å². The lowest BCUT2D eigenvalue weighted by Gasteiger charge is -2.31. The minimum Gasteiger partial charge on any atom is -0.444 e. The van der Waals surface area contributed by atoms with Crippen molar-refractivity contribution in [2.24, 2.45) is 0 Å². The number of terminal acetylenes is 1. The number of benzene rings is 2. The molecule has 0 fully saturated rings. The molecule has 35 heavy (non-hydrogen) atoms. The van der Waals surface area contributed by atoms with Crippen LogP contribution in [0.3, 0.4) is 0 Å². The van der Waals surface area contributed by atoms with Gasteiger partial charge in [-0.3, -0.25) is 9.59 Å². The lowest BCUT2D eigenvalue weighted by molar-refractivity contribution is -0.137. The summed E-state index contributed by atoms with van der Waals surface area (Å²) in [5.74, 6) is 1.52. The van der Waals surface area contributed by atoms with E-state index in [2.05, 4.69) is 23.1 Å². The van der Waals surface area contributed by atoms with Crippen molar-refractivity contribution in [1.29, 1.82) is 0 Å². The maximum Gasteiger partial charge on any atom is 0.408 e. The summed E-state index contributed by atoms with van der Waals surface area (Å²) < 4.78 is 5.20. The number of anilines is 1. The number of nitrogens with zero attached hydrogens (tertiary/aromatic N) is 1. The molecule has 0 aliphatic carbocycles. The van der Waals surface area contributed by atoms with Crippen LogP contribution >= 0.6 is 11.6 Å². The van der Waals surface area contributed by atoms with Gasteiger partial charge in [-0.15, -0.1) is 13.0 Å². The van der Waals surface area contributed by atoms with Crippen LogP contribution in [0.5, 0.6) is 0 Å². The predicted octanol–water partition coefficient (Wildman–Crippen LogP) is 4.85. The molecule has 3 amide bonds. The molecule has 1 atom stereocenters. The first-order valence-electron chi connectivity index (χ1n) is 11.0. The first-order valence-corrected chi connectivity index (χ1v) is 11.3. The highest BCUT2D eigenvalue weighted by atomic mass is 35.5. The van der Waals surface area contributed by atoms with Gasteiger partial charge in [0.05, 0.1) is 10.7 Å². The van der Waals surface area contributed by atoms with Crippen molar-refractivity contribution in [3.63, 3.8) is 0 Å². The lowest BCUT2D eigenvalue weighted by Crippen LogP contribution is -2.46. The van der Waals surface area contributed by atoms with E-state index < -0.39 is 36.1 Å². The van der Waals surface area contributed by atoms with Gasteiger partial charge in [0.25, 0.3) is 5.91 Å². The molecule has 8 heteroatoms. The molecule has 2 aromatic carbocycles. The van der Waals surface area contributed by atoms with Crippen molar-refractivity contribution in [1.82, 2.24) is 10.2 Å². The topological polar surface area (TPSA) is 87.7 Å². The van der Waals surface area contributed by atoms with Crippen LogP contribution in [0.15, 0.2) is 55.1 Å². The van der Waals surface area contributed by atoms with Crippen LogP contribution in [-0.4, -0.2) is 41.5 Å². The van der Waals surface area contributed by atoms with Crippen molar-refractivity contribution < 1.29 is 19.1 Å². The number of carbonyl (C=O) groups excluding carboxylic acids is 3. The summed E-state index contributed by atoms with van der Waals surface area (Å²) in [5.41, 5.74) is 1.35. The Kier molecular flexibility index (Phi) is 9.50. The number of ether oxygens (including phenoxy) is 1. The molecule has 7 nitrogen and oxygen atoms in total. The Morgan fingerprint density at radius 2 is 1.89 bits per heavy atom. The van der Waals surface area contributed by atoms with Crippen molar-refractivity contribution in [2.75, 3.05) is 18.4 Å². The zero-order valence-corrected chi connectivity index (χ0v) is 21.1. The van der Waals surface area contributed by atoms with E-state index >= 15 is 0 Å². The summed E-state index contributed by atoms with van der Waals surface area (Å²) >= 11 is 6.32. The number of nitrogens with one attached hydrogen (secondary N) is 2. The number of rotatable bonds is 8. The summed E-state index contributed by atoms with van der Waals surface area (Å²) in [6.45, 7) is 10.3. The van der Waals surface area contributed by atoms with E-state index in [0.717, 1.165) is 5.56 Å². The second kappa shape index (κ2) is 12.1. The van der Waals surface area contributed by atoms with Crippen LogP contribution in [-0.2, 0) is 14.3 Å². The Morgan fingerprint density at radius 3 is 2.49 bits per heavy atom. The predicted molar refractivity (Wildman–Crippen MR) is 138 cm³/mol. The number of halogens is 1. The Labute approximate surface area is 211 Å². The van der Waals surface area contributed by atoms with E-state index in [1.54, 1.807) is 57.2 Å². The van der Waals surface area contributed by atoms with Gasteiger partial charge < -0.3 is 20.3 Å². The van der Waals surface area contributed by atoms with Gasteiger partial charge in [-0.1, -0.05) is 53.9 Å². The van der Waals surface area contributed by atoms with Gasteiger partial charge in [-0.2, -0.15) is 0 Å². The third-order valence-electron chi connectivity index (χ3n) is 4.87. The van der Waals surface area contributed by atoms with Gasteiger partial charge in [0, 0.05) is 12.1 Å². The minimum absolute atomic E-state index is 0.0212. The average Bonchev–Trinajstić information content (AvgIpc) is 2.79. The van der Waals surface area contributed by atoms with Crippen LogP contribution in [0.4, 0.5) is 10.5 Å². The maximum atomic E-state index is 13.7. The summed E-state index contributed by atoms with van der Waals surface area (Å²) in [7, 11) is 0. The number of hydrogen-bond acceptors (Lipinski definition) is 4. The monoisotopic (exact) mass is 495 g/mol. The number of para-hydroxylation sites is 1. The third-order valence-corrected chi connectivity index (χ3v) is 5.18. The molecule has 2 rings (SSSR count).